The SMILES string of the molecule is NS(=O)(=O)C1CC(=O)N(c2ccc(Br)nc2Cl)C1. The van der Waals surface area contributed by atoms with Crippen LogP contribution in [0, 0.1) is 0 Å². The molecule has 0 saturated carbocycles. The number of nitrogens with two attached hydrogens (primary N) is 1. The van der Waals surface area contributed by atoms with Crippen LogP contribution in [-0.4, -0.2) is 31.1 Å². The smallest absolute Gasteiger partial charge is 0.228 e. The molecule has 2 rings (SSSR count). The number of nitrogens with zero attached hydrogens (tertiary/aromatic N) is 2. The van der Waals surface area contributed by atoms with Crippen LogP contribution in [0.25, 0.3) is 0 Å². The van der Waals surface area contributed by atoms with E-state index >= 15 is 0 Å². The summed E-state index contributed by atoms with van der Waals surface area (Å²) in [5.41, 5.74) is 0.385. The van der Waals surface area contributed by atoms with Crippen molar-refractivity contribution >= 4 is 49.1 Å². The Kier molecular flexibility index (Phi) is 3.63. The number of hydrogen-bond acceptors (Lipinski definition) is 4. The Morgan fingerprint density at radius 1 is 1.50 bits per heavy atom. The van der Waals surface area contributed by atoms with Crippen molar-refractivity contribution in [3.05, 3.63) is 21.9 Å². The zero-order valence-corrected chi connectivity index (χ0v) is 12.2. The Hall–Kier alpha value is -0.700. The Morgan fingerprint density at radius 2 is 2.17 bits per heavy atom. The fraction of sp³-hybridized carbons (Fsp3) is 0.333. The fourth-order valence-corrected chi connectivity index (χ4v) is 3.13. The van der Waals surface area contributed by atoms with Crippen molar-refractivity contribution in [3.8, 4) is 0 Å². The number of primary sulfonamides is 1. The van der Waals surface area contributed by atoms with Crippen molar-refractivity contribution in [2.75, 3.05) is 11.4 Å². The maximum atomic E-state index is 11.8. The highest BCUT2D eigenvalue weighted by Gasteiger charge is 2.38. The molecule has 1 fully saturated rings. The van der Waals surface area contributed by atoms with Crippen LogP contribution in [0.3, 0.4) is 0 Å². The fourth-order valence-electron chi connectivity index (χ4n) is 1.73. The molecule has 1 saturated heterocycles. The van der Waals surface area contributed by atoms with Gasteiger partial charge in [-0.25, -0.2) is 18.5 Å². The quantitative estimate of drug-likeness (QED) is 0.798. The van der Waals surface area contributed by atoms with Crippen molar-refractivity contribution in [1.29, 1.82) is 0 Å². The summed E-state index contributed by atoms with van der Waals surface area (Å²) in [5, 5.41) is 4.28. The number of rotatable bonds is 2. The topological polar surface area (TPSA) is 93.4 Å². The second kappa shape index (κ2) is 4.76. The van der Waals surface area contributed by atoms with E-state index in [1.807, 2.05) is 0 Å². The van der Waals surface area contributed by atoms with E-state index in [9.17, 15) is 13.2 Å². The number of aromatic nitrogens is 1. The molecule has 1 unspecified atom stereocenters. The van der Waals surface area contributed by atoms with E-state index < -0.39 is 15.3 Å². The van der Waals surface area contributed by atoms with Crippen LogP contribution in [0.5, 0.6) is 0 Å². The summed E-state index contributed by atoms with van der Waals surface area (Å²) in [6.45, 7) is 0.000693. The third kappa shape index (κ3) is 2.66. The van der Waals surface area contributed by atoms with E-state index in [2.05, 4.69) is 20.9 Å². The van der Waals surface area contributed by atoms with Gasteiger partial charge in [0.25, 0.3) is 0 Å². The third-order valence-corrected chi connectivity index (χ3v) is 4.60. The van der Waals surface area contributed by atoms with Gasteiger partial charge in [-0.3, -0.25) is 4.79 Å². The zero-order valence-electron chi connectivity index (χ0n) is 9.01. The molecule has 1 atom stereocenters. The van der Waals surface area contributed by atoms with Gasteiger partial charge in [-0.05, 0) is 28.1 Å². The Morgan fingerprint density at radius 3 is 2.67 bits per heavy atom. The number of sulfonamides is 1. The number of carbonyl (C=O) groups excluding carboxylic acids is 1. The summed E-state index contributed by atoms with van der Waals surface area (Å²) in [6, 6.07) is 3.22. The average molecular weight is 355 g/mol. The van der Waals surface area contributed by atoms with Crippen molar-refractivity contribution in [2.45, 2.75) is 11.7 Å². The standard InChI is InChI=1S/C9H9BrClN3O3S/c10-7-2-1-6(9(11)13-7)14-4-5(3-8(14)15)18(12,16)17/h1-2,5H,3-4H2,(H2,12,16,17). The highest BCUT2D eigenvalue weighted by Crippen LogP contribution is 2.30. The molecule has 1 aromatic rings. The van der Waals surface area contributed by atoms with E-state index in [4.69, 9.17) is 16.7 Å². The molecule has 18 heavy (non-hydrogen) atoms. The molecule has 6 nitrogen and oxygen atoms in total. The van der Waals surface area contributed by atoms with Gasteiger partial charge in [0, 0.05) is 13.0 Å². The van der Waals surface area contributed by atoms with Gasteiger partial charge in [-0.15, -0.1) is 0 Å². The molecule has 2 N–H and O–H groups in total. The van der Waals surface area contributed by atoms with Gasteiger partial charge in [-0.2, -0.15) is 0 Å². The van der Waals surface area contributed by atoms with Gasteiger partial charge in [0.2, 0.25) is 15.9 Å². The maximum Gasteiger partial charge on any atom is 0.228 e. The molecule has 1 amide bonds. The minimum atomic E-state index is -3.73. The summed E-state index contributed by atoms with van der Waals surface area (Å²) in [4.78, 5) is 17.0. The number of carbonyl (C=O) groups is 1. The van der Waals surface area contributed by atoms with E-state index in [1.54, 1.807) is 12.1 Å². The second-order valence-electron chi connectivity index (χ2n) is 3.86. The predicted molar refractivity (Wildman–Crippen MR) is 70.8 cm³/mol. The molecule has 2 heterocycles. The van der Waals surface area contributed by atoms with E-state index in [-0.39, 0.29) is 24.0 Å². The minimum Gasteiger partial charge on any atom is -0.308 e. The van der Waals surface area contributed by atoms with Gasteiger partial charge in [-0.1, -0.05) is 11.6 Å². The van der Waals surface area contributed by atoms with Gasteiger partial charge < -0.3 is 4.90 Å². The highest BCUT2D eigenvalue weighted by molar-refractivity contribution is 9.10. The first-order chi connectivity index (χ1) is 8.29. The first-order valence-electron chi connectivity index (χ1n) is 4.93. The number of hydrogen-bond donors (Lipinski definition) is 1. The third-order valence-electron chi connectivity index (χ3n) is 2.64. The minimum absolute atomic E-state index is 0.000693. The largest absolute Gasteiger partial charge is 0.308 e. The molecular formula is C9H9BrClN3O3S. The van der Waals surface area contributed by atoms with Gasteiger partial charge >= 0.3 is 0 Å². The number of pyridine rings is 1. The van der Waals surface area contributed by atoms with Crippen molar-refractivity contribution in [2.24, 2.45) is 5.14 Å². The van der Waals surface area contributed by atoms with E-state index in [0.717, 1.165) is 0 Å². The lowest BCUT2D eigenvalue weighted by molar-refractivity contribution is -0.117. The van der Waals surface area contributed by atoms with E-state index in [1.165, 1.54) is 4.90 Å². The normalized spacial score (nSPS) is 20.5. The van der Waals surface area contributed by atoms with Crippen LogP contribution in [0.2, 0.25) is 5.15 Å². The van der Waals surface area contributed by atoms with Crippen LogP contribution in [0.4, 0.5) is 5.69 Å². The van der Waals surface area contributed by atoms with Crippen molar-refractivity contribution < 1.29 is 13.2 Å². The van der Waals surface area contributed by atoms with Crippen LogP contribution < -0.4 is 10.0 Å². The van der Waals surface area contributed by atoms with Crippen molar-refractivity contribution in [3.63, 3.8) is 0 Å². The number of halogens is 2. The summed E-state index contributed by atoms with van der Waals surface area (Å²) in [7, 11) is -3.73. The molecule has 0 aromatic carbocycles. The lowest BCUT2D eigenvalue weighted by atomic mass is 10.4. The molecule has 1 aromatic heterocycles. The Bertz CT molecular complexity index is 607. The highest BCUT2D eigenvalue weighted by atomic mass is 79.9. The molecule has 1 aliphatic rings. The average Bonchev–Trinajstić information content (AvgIpc) is 2.60. The molecule has 0 radical (unpaired) electrons. The molecule has 0 aliphatic carbocycles. The monoisotopic (exact) mass is 353 g/mol. The van der Waals surface area contributed by atoms with E-state index in [0.29, 0.717) is 10.3 Å². The van der Waals surface area contributed by atoms with Crippen LogP contribution in [0.1, 0.15) is 6.42 Å². The Balaban J connectivity index is 2.33. The molecule has 9 heteroatoms. The van der Waals surface area contributed by atoms with Gasteiger partial charge in [0.05, 0.1) is 5.69 Å². The first-order valence-corrected chi connectivity index (χ1v) is 7.71. The summed E-state index contributed by atoms with van der Waals surface area (Å²) < 4.78 is 23.0. The molecule has 0 bridgehead atoms. The summed E-state index contributed by atoms with van der Waals surface area (Å²) >= 11 is 9.07. The number of anilines is 1. The van der Waals surface area contributed by atoms with Gasteiger partial charge in [0.15, 0.2) is 5.15 Å². The van der Waals surface area contributed by atoms with Crippen LogP contribution >= 0.6 is 27.5 Å². The zero-order chi connectivity index (χ0) is 13.5. The Labute approximate surface area is 117 Å². The number of amides is 1. The second-order valence-corrected chi connectivity index (χ2v) is 6.88. The van der Waals surface area contributed by atoms with Crippen LogP contribution in [-0.2, 0) is 14.8 Å². The molecule has 98 valence electrons. The predicted octanol–water partition coefficient (Wildman–Crippen LogP) is 0.891. The summed E-state index contributed by atoms with van der Waals surface area (Å²) in [5.74, 6) is -0.333. The first kappa shape index (κ1) is 13.7. The van der Waals surface area contributed by atoms with Crippen LogP contribution in [0.15, 0.2) is 16.7 Å². The molecule has 1 aliphatic heterocycles. The lowest BCUT2D eigenvalue weighted by Gasteiger charge is -2.17. The maximum absolute atomic E-state index is 11.8. The lowest BCUT2D eigenvalue weighted by Crippen LogP contribution is -2.32. The summed E-state index contributed by atoms with van der Waals surface area (Å²) in [6.07, 6.45) is -0.134. The molecule has 0 spiro atoms. The molecular weight excluding hydrogens is 346 g/mol. The van der Waals surface area contributed by atoms with Gasteiger partial charge in [0.1, 0.15) is 9.85 Å². The van der Waals surface area contributed by atoms with Crippen molar-refractivity contribution in [1.82, 2.24) is 4.98 Å².